The highest BCUT2D eigenvalue weighted by molar-refractivity contribution is 5.75. The third-order valence-corrected chi connectivity index (χ3v) is 4.14. The molecule has 0 unspecified atom stereocenters. The number of aromatic nitrogens is 4. The smallest absolute Gasteiger partial charge is 0.330 e. The maximum atomic E-state index is 12.1. The van der Waals surface area contributed by atoms with Crippen LogP contribution in [0.15, 0.2) is 33.9 Å². The van der Waals surface area contributed by atoms with E-state index in [4.69, 9.17) is 9.84 Å². The molecule has 2 aromatic heterocycles. The fraction of sp³-hybridized carbons (Fsp3) is 0.333. The predicted molar refractivity (Wildman–Crippen MR) is 102 cm³/mol. The number of hydrogen-bond donors (Lipinski definition) is 3. The van der Waals surface area contributed by atoms with Crippen molar-refractivity contribution in [2.45, 2.75) is 19.9 Å². The summed E-state index contributed by atoms with van der Waals surface area (Å²) in [5, 5.41) is 8.86. The van der Waals surface area contributed by atoms with Gasteiger partial charge in [-0.25, -0.2) is 9.78 Å². The Morgan fingerprint density at radius 2 is 2.00 bits per heavy atom. The van der Waals surface area contributed by atoms with Gasteiger partial charge in [0.25, 0.3) is 5.56 Å². The number of aliphatic hydroxyl groups excluding tert-OH is 1. The predicted octanol–water partition coefficient (Wildman–Crippen LogP) is 0.277. The summed E-state index contributed by atoms with van der Waals surface area (Å²) in [6.07, 6.45) is 1.33. The molecule has 0 aliphatic rings. The van der Waals surface area contributed by atoms with Crippen molar-refractivity contribution in [1.29, 1.82) is 0 Å². The lowest BCUT2D eigenvalue weighted by atomic mass is 10.2. The Labute approximate surface area is 159 Å². The van der Waals surface area contributed by atoms with Crippen molar-refractivity contribution >= 4 is 17.6 Å². The zero-order valence-electron chi connectivity index (χ0n) is 15.3. The van der Waals surface area contributed by atoms with Crippen LogP contribution in [0.3, 0.4) is 0 Å². The molecule has 0 aliphatic carbocycles. The molecule has 0 atom stereocenters. The molecule has 2 heterocycles. The van der Waals surface area contributed by atoms with E-state index in [1.165, 1.54) is 9.47 Å². The molecule has 0 radical (unpaired) electrons. The third kappa shape index (κ3) is 3.96. The van der Waals surface area contributed by atoms with Gasteiger partial charge in [0.2, 0.25) is 6.41 Å². The van der Waals surface area contributed by atoms with Crippen LogP contribution >= 0.6 is 0 Å². The Morgan fingerprint density at radius 3 is 2.64 bits per heavy atom. The lowest BCUT2D eigenvalue weighted by Gasteiger charge is -2.16. The highest BCUT2D eigenvalue weighted by Crippen LogP contribution is 2.21. The number of carbonyl (C=O) groups excluding carboxylic acids is 1. The molecule has 3 rings (SSSR count). The molecule has 10 nitrogen and oxygen atoms in total. The molecule has 28 heavy (non-hydrogen) atoms. The van der Waals surface area contributed by atoms with E-state index in [-0.39, 0.29) is 25.4 Å². The van der Waals surface area contributed by atoms with E-state index in [0.717, 1.165) is 6.42 Å². The second kappa shape index (κ2) is 8.53. The Morgan fingerprint density at radius 1 is 1.25 bits per heavy atom. The first kappa shape index (κ1) is 19.4. The second-order valence-electron chi connectivity index (χ2n) is 6.13. The monoisotopic (exact) mass is 387 g/mol. The van der Waals surface area contributed by atoms with Gasteiger partial charge in [-0.2, -0.15) is 0 Å². The van der Waals surface area contributed by atoms with Gasteiger partial charge in [0.1, 0.15) is 17.1 Å². The van der Waals surface area contributed by atoms with E-state index in [1.807, 2.05) is 6.92 Å². The topological polar surface area (TPSA) is 133 Å². The molecule has 0 saturated carbocycles. The van der Waals surface area contributed by atoms with Crippen molar-refractivity contribution in [2.75, 3.05) is 19.9 Å². The van der Waals surface area contributed by atoms with Gasteiger partial charge in [-0.3, -0.25) is 19.1 Å². The van der Waals surface area contributed by atoms with Crippen molar-refractivity contribution in [1.82, 2.24) is 24.4 Å². The van der Waals surface area contributed by atoms with Crippen LogP contribution in [-0.4, -0.2) is 55.8 Å². The highest BCUT2D eigenvalue weighted by atomic mass is 16.5. The number of amides is 1. The number of rotatable bonds is 9. The zero-order chi connectivity index (χ0) is 20.1. The van der Waals surface area contributed by atoms with Crippen LogP contribution in [0.5, 0.6) is 5.75 Å². The molecule has 10 heteroatoms. The van der Waals surface area contributed by atoms with Crippen molar-refractivity contribution in [3.05, 3.63) is 45.1 Å². The maximum absolute atomic E-state index is 12.1. The number of H-pyrrole nitrogens is 2. The van der Waals surface area contributed by atoms with Gasteiger partial charge < -0.3 is 19.7 Å². The quantitative estimate of drug-likeness (QED) is 0.357. The SMILES string of the molecule is CCCn1c(=O)[nH]c(=O)c2[nH]c(-c3ccc(OCN(C=O)CCO)cc3)nc21. The van der Waals surface area contributed by atoms with Gasteiger partial charge in [0.15, 0.2) is 12.4 Å². The van der Waals surface area contributed by atoms with Crippen molar-refractivity contribution in [3.8, 4) is 17.1 Å². The Kier molecular flexibility index (Phi) is 5.90. The zero-order valence-corrected chi connectivity index (χ0v) is 15.3. The summed E-state index contributed by atoms with van der Waals surface area (Å²) in [6.45, 7) is 2.45. The van der Waals surface area contributed by atoms with E-state index < -0.39 is 11.2 Å². The largest absolute Gasteiger partial charge is 0.473 e. The van der Waals surface area contributed by atoms with Gasteiger partial charge >= 0.3 is 5.69 Å². The molecule has 0 bridgehead atoms. The van der Waals surface area contributed by atoms with Crippen LogP contribution < -0.4 is 16.0 Å². The number of ether oxygens (including phenoxy) is 1. The van der Waals surface area contributed by atoms with E-state index in [0.29, 0.717) is 35.7 Å². The van der Waals surface area contributed by atoms with Crippen LogP contribution in [0.4, 0.5) is 0 Å². The molecule has 0 saturated heterocycles. The lowest BCUT2D eigenvalue weighted by molar-refractivity contribution is -0.121. The number of imidazole rings is 1. The summed E-state index contributed by atoms with van der Waals surface area (Å²) in [4.78, 5) is 45.9. The molecule has 1 aromatic carbocycles. The Hall–Kier alpha value is -3.40. The summed E-state index contributed by atoms with van der Waals surface area (Å²) in [6, 6.07) is 6.91. The van der Waals surface area contributed by atoms with E-state index in [9.17, 15) is 14.4 Å². The average Bonchev–Trinajstić information content (AvgIpc) is 3.14. The molecule has 3 N–H and O–H groups in total. The summed E-state index contributed by atoms with van der Waals surface area (Å²) in [5.41, 5.74) is 0.277. The van der Waals surface area contributed by atoms with Crippen LogP contribution in [-0.2, 0) is 11.3 Å². The molecular weight excluding hydrogens is 366 g/mol. The average molecular weight is 387 g/mol. The number of benzene rings is 1. The first-order chi connectivity index (χ1) is 13.6. The minimum Gasteiger partial charge on any atom is -0.473 e. The molecule has 1 amide bonds. The molecule has 148 valence electrons. The number of nitrogens with zero attached hydrogens (tertiary/aromatic N) is 3. The fourth-order valence-electron chi connectivity index (χ4n) is 2.75. The third-order valence-electron chi connectivity index (χ3n) is 4.14. The van der Waals surface area contributed by atoms with Crippen LogP contribution in [0.2, 0.25) is 0 Å². The van der Waals surface area contributed by atoms with E-state index >= 15 is 0 Å². The van der Waals surface area contributed by atoms with Crippen molar-refractivity contribution < 1.29 is 14.6 Å². The summed E-state index contributed by atoms with van der Waals surface area (Å²) >= 11 is 0. The number of aliphatic hydroxyl groups is 1. The summed E-state index contributed by atoms with van der Waals surface area (Å²) in [5.74, 6) is 0.989. The number of aromatic amines is 2. The summed E-state index contributed by atoms with van der Waals surface area (Å²) in [7, 11) is 0. The molecule has 0 aliphatic heterocycles. The standard InChI is InChI=1S/C18H21N5O5/c1-2-7-23-16-14(17(26)21-18(23)27)19-15(20-16)12-3-5-13(6-4-12)28-11-22(10-25)8-9-24/h3-6,10,24H,2,7-9,11H2,1H3,(H,19,20)(H,21,26,27). The summed E-state index contributed by atoms with van der Waals surface area (Å²) < 4.78 is 6.93. The van der Waals surface area contributed by atoms with E-state index in [2.05, 4.69) is 15.0 Å². The lowest BCUT2D eigenvalue weighted by Crippen LogP contribution is -2.30. The van der Waals surface area contributed by atoms with Gasteiger partial charge in [-0.15, -0.1) is 0 Å². The van der Waals surface area contributed by atoms with E-state index in [1.54, 1.807) is 24.3 Å². The first-order valence-corrected chi connectivity index (χ1v) is 8.83. The van der Waals surface area contributed by atoms with Gasteiger partial charge in [0.05, 0.1) is 6.61 Å². The molecular formula is C18H21N5O5. The number of fused-ring (bicyclic) bond motifs is 1. The van der Waals surface area contributed by atoms with Crippen LogP contribution in [0.1, 0.15) is 13.3 Å². The van der Waals surface area contributed by atoms with Gasteiger partial charge in [-0.05, 0) is 30.7 Å². The second-order valence-corrected chi connectivity index (χ2v) is 6.13. The minimum atomic E-state index is -0.510. The highest BCUT2D eigenvalue weighted by Gasteiger charge is 2.13. The molecule has 3 aromatic rings. The van der Waals surface area contributed by atoms with Crippen molar-refractivity contribution in [3.63, 3.8) is 0 Å². The normalized spacial score (nSPS) is 10.9. The van der Waals surface area contributed by atoms with Gasteiger partial charge in [0, 0.05) is 18.7 Å². The molecule has 0 fully saturated rings. The Balaban J connectivity index is 1.86. The number of carbonyl (C=O) groups is 1. The number of hydrogen-bond acceptors (Lipinski definition) is 6. The van der Waals surface area contributed by atoms with Crippen LogP contribution in [0, 0.1) is 0 Å². The molecule has 0 spiro atoms. The van der Waals surface area contributed by atoms with Crippen molar-refractivity contribution in [2.24, 2.45) is 0 Å². The number of nitrogens with one attached hydrogen (secondary N) is 2. The van der Waals surface area contributed by atoms with Crippen LogP contribution in [0.25, 0.3) is 22.6 Å². The maximum Gasteiger partial charge on any atom is 0.330 e. The van der Waals surface area contributed by atoms with Gasteiger partial charge in [-0.1, -0.05) is 6.92 Å². The first-order valence-electron chi connectivity index (χ1n) is 8.83. The number of aryl methyl sites for hydroxylation is 1. The fourth-order valence-corrected chi connectivity index (χ4v) is 2.75. The minimum absolute atomic E-state index is 0.0206. The Bertz CT molecular complexity index is 1070.